The van der Waals surface area contributed by atoms with Crippen molar-refractivity contribution in [1.82, 2.24) is 0 Å². The molecule has 0 N–H and O–H groups in total. The third-order valence-electron chi connectivity index (χ3n) is 3.03. The highest BCUT2D eigenvalue weighted by molar-refractivity contribution is 9.16. The lowest BCUT2D eigenvalue weighted by Crippen LogP contribution is -1.87. The van der Waals surface area contributed by atoms with Crippen molar-refractivity contribution < 1.29 is 0 Å². The van der Waals surface area contributed by atoms with Crippen molar-refractivity contribution in [2.75, 3.05) is 0 Å². The van der Waals surface area contributed by atoms with E-state index in [4.69, 9.17) is 0 Å². The Morgan fingerprint density at radius 2 is 1.75 bits per heavy atom. The summed E-state index contributed by atoms with van der Waals surface area (Å²) in [7, 11) is 0. The van der Waals surface area contributed by atoms with Crippen LogP contribution in [0.5, 0.6) is 0 Å². The van der Waals surface area contributed by atoms with E-state index >= 15 is 0 Å². The van der Waals surface area contributed by atoms with Gasteiger partial charge in [0.2, 0.25) is 0 Å². The minimum absolute atomic E-state index is 0.975. The van der Waals surface area contributed by atoms with Gasteiger partial charge in [-0.15, -0.1) is 0 Å². The molecule has 0 bridgehead atoms. The standard InChI is InChI=1S/C18H22Br2/c1-3-5-7-8-11-15-12-9-10-13-16(15)18(20)17(19)14-6-4-2/h9-10,12-13H,3-7,14H2,1-2H3/b18-17+. The van der Waals surface area contributed by atoms with Gasteiger partial charge in [0.15, 0.2) is 0 Å². The number of halogens is 2. The third-order valence-corrected chi connectivity index (χ3v) is 5.26. The fourth-order valence-electron chi connectivity index (χ4n) is 1.79. The molecule has 0 aliphatic rings. The molecule has 0 aliphatic carbocycles. The molecule has 1 rings (SSSR count). The van der Waals surface area contributed by atoms with Crippen LogP contribution in [0.4, 0.5) is 0 Å². The van der Waals surface area contributed by atoms with Crippen LogP contribution in [0.25, 0.3) is 4.48 Å². The van der Waals surface area contributed by atoms with Gasteiger partial charge in [-0.25, -0.2) is 0 Å². The molecule has 0 aliphatic heterocycles. The Hall–Kier alpha value is -0.520. The highest BCUT2D eigenvalue weighted by Gasteiger charge is 2.07. The second-order valence-corrected chi connectivity index (χ2v) is 6.52. The van der Waals surface area contributed by atoms with Gasteiger partial charge in [0.25, 0.3) is 0 Å². The first kappa shape index (κ1) is 17.5. The van der Waals surface area contributed by atoms with E-state index in [1.807, 2.05) is 6.07 Å². The summed E-state index contributed by atoms with van der Waals surface area (Å²) in [5.74, 6) is 6.58. The van der Waals surface area contributed by atoms with Gasteiger partial charge >= 0.3 is 0 Å². The fraction of sp³-hybridized carbons (Fsp3) is 0.444. The molecule has 2 heteroatoms. The summed E-state index contributed by atoms with van der Waals surface area (Å²) in [4.78, 5) is 0. The lowest BCUT2D eigenvalue weighted by Gasteiger charge is -2.07. The first-order valence-corrected chi connectivity index (χ1v) is 8.91. The van der Waals surface area contributed by atoms with E-state index in [9.17, 15) is 0 Å². The molecule has 0 amide bonds. The molecule has 1 aromatic carbocycles. The second kappa shape index (κ2) is 10.2. The molecule has 0 saturated heterocycles. The zero-order valence-electron chi connectivity index (χ0n) is 12.3. The molecular formula is C18H22Br2. The Bertz CT molecular complexity index is 504. The quantitative estimate of drug-likeness (QED) is 0.362. The van der Waals surface area contributed by atoms with Crippen LogP contribution >= 0.6 is 31.9 Å². The number of allylic oxidation sites excluding steroid dienone is 1. The number of rotatable bonds is 6. The van der Waals surface area contributed by atoms with Crippen LogP contribution in [0.15, 0.2) is 28.7 Å². The average Bonchev–Trinajstić information content (AvgIpc) is 2.49. The van der Waals surface area contributed by atoms with Gasteiger partial charge in [-0.2, -0.15) is 0 Å². The van der Waals surface area contributed by atoms with Crippen LogP contribution in [-0.2, 0) is 0 Å². The highest BCUT2D eigenvalue weighted by atomic mass is 79.9. The summed E-state index contributed by atoms with van der Waals surface area (Å²) in [5, 5.41) is 0. The van der Waals surface area contributed by atoms with Gasteiger partial charge in [-0.05, 0) is 41.3 Å². The monoisotopic (exact) mass is 396 g/mol. The summed E-state index contributed by atoms with van der Waals surface area (Å²) in [6, 6.07) is 8.33. The van der Waals surface area contributed by atoms with Crippen molar-refractivity contribution in [2.45, 2.75) is 52.4 Å². The first-order valence-electron chi connectivity index (χ1n) is 7.33. The zero-order chi connectivity index (χ0) is 14.8. The Morgan fingerprint density at radius 1 is 1.05 bits per heavy atom. The van der Waals surface area contributed by atoms with Crippen molar-refractivity contribution in [3.63, 3.8) is 0 Å². The summed E-state index contributed by atoms with van der Waals surface area (Å²) in [6.07, 6.45) is 6.81. The van der Waals surface area contributed by atoms with E-state index < -0.39 is 0 Å². The molecule has 0 spiro atoms. The Kier molecular flexibility index (Phi) is 8.98. The van der Waals surface area contributed by atoms with Crippen LogP contribution in [0, 0.1) is 11.8 Å². The van der Waals surface area contributed by atoms with Crippen molar-refractivity contribution in [1.29, 1.82) is 0 Å². The number of benzene rings is 1. The SMILES string of the molecule is CCCCC#Cc1ccccc1/C(Br)=C(\Br)CCCC. The van der Waals surface area contributed by atoms with Crippen LogP contribution in [0.2, 0.25) is 0 Å². The van der Waals surface area contributed by atoms with E-state index in [-0.39, 0.29) is 0 Å². The minimum atomic E-state index is 0.975. The van der Waals surface area contributed by atoms with Crippen molar-refractivity contribution in [3.8, 4) is 11.8 Å². The first-order chi connectivity index (χ1) is 9.70. The summed E-state index contributed by atoms with van der Waals surface area (Å²) in [6.45, 7) is 4.40. The van der Waals surface area contributed by atoms with E-state index in [2.05, 4.69) is 75.7 Å². The van der Waals surface area contributed by atoms with Gasteiger partial charge in [-0.3, -0.25) is 0 Å². The largest absolute Gasteiger partial charge is 0.0979 e. The van der Waals surface area contributed by atoms with E-state index in [1.165, 1.54) is 35.7 Å². The van der Waals surface area contributed by atoms with Gasteiger partial charge in [-0.1, -0.05) is 72.7 Å². The lowest BCUT2D eigenvalue weighted by molar-refractivity contribution is 0.812. The number of unbranched alkanes of at least 4 members (excludes halogenated alkanes) is 3. The Morgan fingerprint density at radius 3 is 2.45 bits per heavy atom. The second-order valence-electron chi connectivity index (χ2n) is 4.77. The Labute approximate surface area is 140 Å². The zero-order valence-corrected chi connectivity index (χ0v) is 15.5. The molecule has 1 aromatic rings. The fourth-order valence-corrected chi connectivity index (χ4v) is 2.83. The van der Waals surface area contributed by atoms with E-state index in [0.29, 0.717) is 0 Å². The van der Waals surface area contributed by atoms with E-state index in [1.54, 1.807) is 0 Å². The van der Waals surface area contributed by atoms with Gasteiger partial charge in [0.05, 0.1) is 0 Å². The molecule has 0 saturated carbocycles. The molecule has 0 radical (unpaired) electrons. The van der Waals surface area contributed by atoms with Crippen LogP contribution in [0.1, 0.15) is 63.5 Å². The molecule has 0 aromatic heterocycles. The molecular weight excluding hydrogens is 376 g/mol. The van der Waals surface area contributed by atoms with Gasteiger partial charge in [0, 0.05) is 26.5 Å². The van der Waals surface area contributed by atoms with Crippen molar-refractivity contribution in [3.05, 3.63) is 39.9 Å². The summed E-state index contributed by atoms with van der Waals surface area (Å²) in [5.41, 5.74) is 2.28. The molecule has 0 fully saturated rings. The predicted octanol–water partition coefficient (Wildman–Crippen LogP) is 6.88. The topological polar surface area (TPSA) is 0 Å². The van der Waals surface area contributed by atoms with Crippen LogP contribution in [0.3, 0.4) is 0 Å². The summed E-state index contributed by atoms with van der Waals surface area (Å²) < 4.78 is 2.36. The van der Waals surface area contributed by atoms with Crippen LogP contribution < -0.4 is 0 Å². The Balaban J connectivity index is 2.96. The molecule has 0 nitrogen and oxygen atoms in total. The van der Waals surface area contributed by atoms with Gasteiger partial charge in [0.1, 0.15) is 0 Å². The predicted molar refractivity (Wildman–Crippen MR) is 97.1 cm³/mol. The van der Waals surface area contributed by atoms with Crippen molar-refractivity contribution in [2.24, 2.45) is 0 Å². The maximum Gasteiger partial charge on any atom is 0.0361 e. The maximum absolute atomic E-state index is 3.72. The molecule has 0 unspecified atom stereocenters. The molecule has 108 valence electrons. The highest BCUT2D eigenvalue weighted by Crippen LogP contribution is 2.33. The minimum Gasteiger partial charge on any atom is -0.0979 e. The normalized spacial score (nSPS) is 11.6. The smallest absolute Gasteiger partial charge is 0.0361 e. The van der Waals surface area contributed by atoms with E-state index in [0.717, 1.165) is 22.9 Å². The molecule has 0 atom stereocenters. The summed E-state index contributed by atoms with van der Waals surface area (Å²) >= 11 is 7.41. The third kappa shape index (κ3) is 5.85. The molecule has 20 heavy (non-hydrogen) atoms. The number of hydrogen-bond donors (Lipinski definition) is 0. The number of hydrogen-bond acceptors (Lipinski definition) is 0. The van der Waals surface area contributed by atoms with Crippen LogP contribution in [-0.4, -0.2) is 0 Å². The van der Waals surface area contributed by atoms with Crippen molar-refractivity contribution >= 4 is 36.3 Å². The molecule has 0 heterocycles. The van der Waals surface area contributed by atoms with Gasteiger partial charge < -0.3 is 0 Å². The average molecular weight is 398 g/mol. The maximum atomic E-state index is 3.72. The lowest BCUT2D eigenvalue weighted by atomic mass is 10.1.